The van der Waals surface area contributed by atoms with Crippen molar-refractivity contribution >= 4 is 10.8 Å². The van der Waals surface area contributed by atoms with Crippen molar-refractivity contribution < 1.29 is 0 Å². The lowest BCUT2D eigenvalue weighted by molar-refractivity contribution is 1.48. The van der Waals surface area contributed by atoms with Gasteiger partial charge in [-0.25, -0.2) is 0 Å². The van der Waals surface area contributed by atoms with E-state index in [1.165, 1.54) is 21.9 Å². The number of aryl methyl sites for hydroxylation is 2. The minimum Gasteiger partial charge on any atom is -0.0776 e. The zero-order valence-corrected chi connectivity index (χ0v) is 7.46. The van der Waals surface area contributed by atoms with E-state index in [9.17, 15) is 0 Å². The van der Waals surface area contributed by atoms with Gasteiger partial charge in [0.2, 0.25) is 0 Å². The lowest BCUT2D eigenvalue weighted by atomic mass is 10.0. The number of hydrogen-bond acceptors (Lipinski definition) is 0. The molecule has 0 radical (unpaired) electrons. The fourth-order valence-corrected chi connectivity index (χ4v) is 1.62. The SMILES string of the molecule is C.Cc1cccc2c(C)cccc12. The molecule has 2 aromatic rings. The highest BCUT2D eigenvalue weighted by Crippen LogP contribution is 2.20. The molecule has 0 aliphatic carbocycles. The molecule has 0 nitrogen and oxygen atoms in total. The standard InChI is InChI=1S/C12H12.CH4/c1-9-5-3-8-12-10(2)6-4-7-11(9)12;/h3-8H,1-2H3;1H4. The smallest absolute Gasteiger partial charge is 0.0152 e. The summed E-state index contributed by atoms with van der Waals surface area (Å²) >= 11 is 0. The minimum atomic E-state index is 0. The van der Waals surface area contributed by atoms with Gasteiger partial charge in [0, 0.05) is 0 Å². The Labute approximate surface area is 80.2 Å². The van der Waals surface area contributed by atoms with Crippen LogP contribution in [0.5, 0.6) is 0 Å². The molecule has 0 aliphatic rings. The molecule has 0 fully saturated rings. The Balaban J connectivity index is 0.000000845. The van der Waals surface area contributed by atoms with E-state index in [-0.39, 0.29) is 7.43 Å². The highest BCUT2D eigenvalue weighted by molar-refractivity contribution is 5.88. The van der Waals surface area contributed by atoms with E-state index in [1.807, 2.05) is 0 Å². The summed E-state index contributed by atoms with van der Waals surface area (Å²) in [5, 5.41) is 2.75. The summed E-state index contributed by atoms with van der Waals surface area (Å²) in [4.78, 5) is 0. The lowest BCUT2D eigenvalue weighted by Crippen LogP contribution is -1.80. The topological polar surface area (TPSA) is 0 Å². The molecule has 68 valence electrons. The first kappa shape index (κ1) is 9.79. The third kappa shape index (κ3) is 1.57. The second-order valence-electron chi connectivity index (χ2n) is 3.24. The van der Waals surface area contributed by atoms with Crippen molar-refractivity contribution in [3.8, 4) is 0 Å². The normalized spacial score (nSPS) is 9.69. The average molecular weight is 172 g/mol. The molecular weight excluding hydrogens is 156 g/mol. The van der Waals surface area contributed by atoms with E-state index in [0.717, 1.165) is 0 Å². The van der Waals surface area contributed by atoms with Gasteiger partial charge >= 0.3 is 0 Å². The summed E-state index contributed by atoms with van der Waals surface area (Å²) in [6.07, 6.45) is 0. The number of fused-ring (bicyclic) bond motifs is 1. The van der Waals surface area contributed by atoms with Crippen LogP contribution in [0.15, 0.2) is 36.4 Å². The van der Waals surface area contributed by atoms with E-state index in [2.05, 4.69) is 50.2 Å². The monoisotopic (exact) mass is 172 g/mol. The van der Waals surface area contributed by atoms with E-state index in [1.54, 1.807) is 0 Å². The van der Waals surface area contributed by atoms with Crippen LogP contribution in [-0.2, 0) is 0 Å². The van der Waals surface area contributed by atoms with Crippen LogP contribution in [0.25, 0.3) is 10.8 Å². The molecule has 0 amide bonds. The van der Waals surface area contributed by atoms with Crippen molar-refractivity contribution in [3.63, 3.8) is 0 Å². The quantitative estimate of drug-likeness (QED) is 0.561. The molecule has 2 rings (SSSR count). The first-order valence-electron chi connectivity index (χ1n) is 4.24. The molecule has 0 saturated carbocycles. The van der Waals surface area contributed by atoms with Crippen LogP contribution in [0.1, 0.15) is 18.6 Å². The summed E-state index contributed by atoms with van der Waals surface area (Å²) in [7, 11) is 0. The fraction of sp³-hybridized carbons (Fsp3) is 0.231. The zero-order chi connectivity index (χ0) is 8.55. The van der Waals surface area contributed by atoms with Gasteiger partial charge in [0.05, 0.1) is 0 Å². The van der Waals surface area contributed by atoms with Crippen molar-refractivity contribution in [2.24, 2.45) is 0 Å². The van der Waals surface area contributed by atoms with E-state index in [4.69, 9.17) is 0 Å². The van der Waals surface area contributed by atoms with Gasteiger partial charge in [0.1, 0.15) is 0 Å². The second-order valence-corrected chi connectivity index (χ2v) is 3.24. The van der Waals surface area contributed by atoms with Gasteiger partial charge in [-0.15, -0.1) is 0 Å². The summed E-state index contributed by atoms with van der Waals surface area (Å²) in [6.45, 7) is 4.31. The maximum atomic E-state index is 2.18. The second kappa shape index (κ2) is 3.61. The van der Waals surface area contributed by atoms with Crippen LogP contribution in [-0.4, -0.2) is 0 Å². The predicted octanol–water partition coefficient (Wildman–Crippen LogP) is 4.09. The van der Waals surface area contributed by atoms with Gasteiger partial charge in [0.25, 0.3) is 0 Å². The van der Waals surface area contributed by atoms with Gasteiger partial charge in [0.15, 0.2) is 0 Å². The largest absolute Gasteiger partial charge is 0.0776 e. The summed E-state index contributed by atoms with van der Waals surface area (Å²) < 4.78 is 0. The van der Waals surface area contributed by atoms with Crippen molar-refractivity contribution in [1.82, 2.24) is 0 Å². The van der Waals surface area contributed by atoms with E-state index >= 15 is 0 Å². The predicted molar refractivity (Wildman–Crippen MR) is 60.2 cm³/mol. The maximum Gasteiger partial charge on any atom is -0.0152 e. The first-order chi connectivity index (χ1) is 5.79. The third-order valence-electron chi connectivity index (χ3n) is 2.36. The molecule has 0 unspecified atom stereocenters. The molecule has 0 N–H and O–H groups in total. The molecular formula is C13H16. The van der Waals surface area contributed by atoms with Crippen molar-refractivity contribution in [3.05, 3.63) is 47.5 Å². The Morgan fingerprint density at radius 2 is 1.08 bits per heavy atom. The molecule has 0 aliphatic heterocycles. The first-order valence-corrected chi connectivity index (χ1v) is 4.24. The molecule has 0 aromatic heterocycles. The Morgan fingerprint density at radius 3 is 1.46 bits per heavy atom. The Bertz CT molecular complexity index is 372. The molecule has 0 heteroatoms. The Kier molecular flexibility index (Phi) is 2.72. The average Bonchev–Trinajstić information content (AvgIpc) is 2.07. The van der Waals surface area contributed by atoms with Crippen LogP contribution in [0.3, 0.4) is 0 Å². The fourth-order valence-electron chi connectivity index (χ4n) is 1.62. The molecule has 0 bridgehead atoms. The van der Waals surface area contributed by atoms with Gasteiger partial charge in [-0.05, 0) is 35.7 Å². The third-order valence-corrected chi connectivity index (χ3v) is 2.36. The molecule has 0 heterocycles. The molecule has 0 saturated heterocycles. The highest BCUT2D eigenvalue weighted by Gasteiger charge is 1.96. The molecule has 13 heavy (non-hydrogen) atoms. The zero-order valence-electron chi connectivity index (χ0n) is 7.46. The molecule has 0 spiro atoms. The lowest BCUT2D eigenvalue weighted by Gasteiger charge is -2.03. The van der Waals surface area contributed by atoms with Gasteiger partial charge < -0.3 is 0 Å². The van der Waals surface area contributed by atoms with Gasteiger partial charge in [-0.1, -0.05) is 43.8 Å². The van der Waals surface area contributed by atoms with Gasteiger partial charge in [-0.2, -0.15) is 0 Å². The molecule has 2 aromatic carbocycles. The number of hydrogen-bond donors (Lipinski definition) is 0. The van der Waals surface area contributed by atoms with Crippen LogP contribution in [0, 0.1) is 13.8 Å². The number of rotatable bonds is 0. The minimum absolute atomic E-state index is 0. The highest BCUT2D eigenvalue weighted by atomic mass is 14.0. The Hall–Kier alpha value is -1.30. The van der Waals surface area contributed by atoms with E-state index in [0.29, 0.717) is 0 Å². The van der Waals surface area contributed by atoms with Crippen LogP contribution < -0.4 is 0 Å². The summed E-state index contributed by atoms with van der Waals surface area (Å²) in [5.41, 5.74) is 2.72. The van der Waals surface area contributed by atoms with Crippen molar-refractivity contribution in [2.45, 2.75) is 21.3 Å². The summed E-state index contributed by atoms with van der Waals surface area (Å²) in [6, 6.07) is 12.9. The molecule has 0 atom stereocenters. The maximum absolute atomic E-state index is 2.18. The van der Waals surface area contributed by atoms with Crippen molar-refractivity contribution in [1.29, 1.82) is 0 Å². The number of benzene rings is 2. The van der Waals surface area contributed by atoms with Crippen LogP contribution in [0.4, 0.5) is 0 Å². The van der Waals surface area contributed by atoms with Crippen molar-refractivity contribution in [2.75, 3.05) is 0 Å². The van der Waals surface area contributed by atoms with Gasteiger partial charge in [-0.3, -0.25) is 0 Å². The van der Waals surface area contributed by atoms with E-state index < -0.39 is 0 Å². The van der Waals surface area contributed by atoms with Crippen LogP contribution >= 0.6 is 0 Å². The summed E-state index contributed by atoms with van der Waals surface area (Å²) in [5.74, 6) is 0. The Morgan fingerprint density at radius 1 is 0.692 bits per heavy atom. The van der Waals surface area contributed by atoms with Crippen LogP contribution in [0.2, 0.25) is 0 Å².